The van der Waals surface area contributed by atoms with E-state index in [0.717, 1.165) is 49.7 Å². The molecule has 0 unspecified atom stereocenters. The third kappa shape index (κ3) is 6.52. The molecule has 2 fully saturated rings. The summed E-state index contributed by atoms with van der Waals surface area (Å²) in [6, 6.07) is 3.98. The zero-order chi connectivity index (χ0) is 26.7. The lowest BCUT2D eigenvalue weighted by Gasteiger charge is -2.38. The molecule has 0 aliphatic heterocycles. The topological polar surface area (TPSA) is 18.5 Å². The SMILES string of the molecule is CC[C@H]1CC[C@H](C2CCC(c3ccc(C(F)(F)Oc4cc(F)c(OC(F)F)c(F)c4)c(F)c3)CC2)CC1. The molecule has 2 nitrogen and oxygen atoms in total. The first kappa shape index (κ1) is 27.6. The summed E-state index contributed by atoms with van der Waals surface area (Å²) >= 11 is 0. The zero-order valence-corrected chi connectivity index (χ0v) is 20.6. The second-order valence-electron chi connectivity index (χ2n) is 10.3. The van der Waals surface area contributed by atoms with Crippen LogP contribution in [0.5, 0.6) is 11.5 Å². The number of ether oxygens (including phenoxy) is 2. The Morgan fingerprint density at radius 2 is 1.38 bits per heavy atom. The summed E-state index contributed by atoms with van der Waals surface area (Å²) in [5.41, 5.74) is -0.456. The minimum absolute atomic E-state index is 0.0758. The van der Waals surface area contributed by atoms with Crippen molar-refractivity contribution in [1.82, 2.24) is 0 Å². The van der Waals surface area contributed by atoms with E-state index in [0.29, 0.717) is 11.5 Å². The van der Waals surface area contributed by atoms with Crippen molar-refractivity contribution in [2.45, 2.75) is 83.3 Å². The quantitative estimate of drug-likeness (QED) is 0.316. The van der Waals surface area contributed by atoms with E-state index in [-0.39, 0.29) is 18.1 Å². The number of rotatable bonds is 8. The molecule has 2 aliphatic carbocycles. The van der Waals surface area contributed by atoms with Crippen molar-refractivity contribution < 1.29 is 40.2 Å². The number of benzene rings is 2. The first-order valence-electron chi connectivity index (χ1n) is 12.9. The second-order valence-corrected chi connectivity index (χ2v) is 10.3. The van der Waals surface area contributed by atoms with E-state index < -0.39 is 47.2 Å². The molecule has 0 N–H and O–H groups in total. The van der Waals surface area contributed by atoms with Gasteiger partial charge in [-0.05, 0) is 79.9 Å². The molecule has 2 aromatic rings. The Morgan fingerprint density at radius 1 is 0.811 bits per heavy atom. The molecule has 37 heavy (non-hydrogen) atoms. The van der Waals surface area contributed by atoms with Gasteiger partial charge < -0.3 is 9.47 Å². The van der Waals surface area contributed by atoms with Gasteiger partial charge in [-0.2, -0.15) is 17.6 Å². The molecule has 0 saturated heterocycles. The summed E-state index contributed by atoms with van der Waals surface area (Å²) in [6.07, 6.45) is 5.90. The minimum atomic E-state index is -4.26. The van der Waals surface area contributed by atoms with Gasteiger partial charge in [0.2, 0.25) is 0 Å². The summed E-state index contributed by atoms with van der Waals surface area (Å²) in [7, 11) is 0. The summed E-state index contributed by atoms with van der Waals surface area (Å²) in [4.78, 5) is 0. The number of halogens is 7. The Bertz CT molecular complexity index is 1040. The monoisotopic (exact) mass is 532 g/mol. The Balaban J connectivity index is 1.39. The van der Waals surface area contributed by atoms with Gasteiger partial charge in [0.05, 0.1) is 5.56 Å². The van der Waals surface area contributed by atoms with Gasteiger partial charge in [-0.15, -0.1) is 0 Å². The highest BCUT2D eigenvalue weighted by molar-refractivity contribution is 5.36. The van der Waals surface area contributed by atoms with Crippen LogP contribution < -0.4 is 9.47 Å². The van der Waals surface area contributed by atoms with Gasteiger partial charge in [0, 0.05) is 12.1 Å². The molecule has 2 aliphatic rings. The van der Waals surface area contributed by atoms with E-state index >= 15 is 0 Å². The lowest BCUT2D eigenvalue weighted by molar-refractivity contribution is -0.187. The highest BCUT2D eigenvalue weighted by Gasteiger charge is 2.39. The molecule has 9 heteroatoms. The van der Waals surface area contributed by atoms with E-state index in [9.17, 15) is 30.7 Å². The van der Waals surface area contributed by atoms with Gasteiger partial charge in [0.15, 0.2) is 17.4 Å². The summed E-state index contributed by atoms with van der Waals surface area (Å²) < 4.78 is 105. The summed E-state index contributed by atoms with van der Waals surface area (Å²) in [6.45, 7) is -1.27. The van der Waals surface area contributed by atoms with Crippen LogP contribution >= 0.6 is 0 Å². The van der Waals surface area contributed by atoms with Crippen molar-refractivity contribution in [1.29, 1.82) is 0 Å². The van der Waals surface area contributed by atoms with Crippen molar-refractivity contribution in [3.63, 3.8) is 0 Å². The van der Waals surface area contributed by atoms with E-state index in [1.165, 1.54) is 38.2 Å². The average molecular weight is 533 g/mol. The number of hydrogen-bond acceptors (Lipinski definition) is 2. The van der Waals surface area contributed by atoms with Gasteiger partial charge in [0.25, 0.3) is 0 Å². The normalized spacial score (nSPS) is 24.8. The lowest BCUT2D eigenvalue weighted by Crippen LogP contribution is -2.26. The summed E-state index contributed by atoms with van der Waals surface area (Å²) in [5.74, 6) is -4.62. The Hall–Kier alpha value is -2.45. The van der Waals surface area contributed by atoms with Crippen LogP contribution in [0.4, 0.5) is 30.7 Å². The third-order valence-electron chi connectivity index (χ3n) is 8.11. The van der Waals surface area contributed by atoms with Crippen LogP contribution in [0.25, 0.3) is 0 Å². The van der Waals surface area contributed by atoms with Crippen molar-refractivity contribution >= 4 is 0 Å². The molecule has 204 valence electrons. The van der Waals surface area contributed by atoms with Crippen LogP contribution in [0.2, 0.25) is 0 Å². The molecule has 0 aromatic heterocycles. The van der Waals surface area contributed by atoms with Gasteiger partial charge in [-0.25, -0.2) is 13.2 Å². The van der Waals surface area contributed by atoms with Crippen molar-refractivity contribution in [2.75, 3.05) is 0 Å². The van der Waals surface area contributed by atoms with Crippen molar-refractivity contribution in [2.24, 2.45) is 17.8 Å². The Morgan fingerprint density at radius 3 is 1.89 bits per heavy atom. The van der Waals surface area contributed by atoms with E-state index in [1.807, 2.05) is 0 Å². The molecule has 0 atom stereocenters. The van der Waals surface area contributed by atoms with E-state index in [4.69, 9.17) is 0 Å². The zero-order valence-electron chi connectivity index (χ0n) is 20.6. The maximum Gasteiger partial charge on any atom is 0.429 e. The van der Waals surface area contributed by atoms with Gasteiger partial charge in [-0.1, -0.05) is 32.3 Å². The maximum absolute atomic E-state index is 14.8. The lowest BCUT2D eigenvalue weighted by atomic mass is 9.68. The highest BCUT2D eigenvalue weighted by Crippen LogP contribution is 2.45. The molecule has 0 bridgehead atoms. The fourth-order valence-electron chi connectivity index (χ4n) is 6.01. The van der Waals surface area contributed by atoms with Gasteiger partial charge in [0.1, 0.15) is 11.6 Å². The Labute approximate surface area is 212 Å². The molecule has 4 rings (SSSR count). The van der Waals surface area contributed by atoms with Crippen molar-refractivity contribution in [3.8, 4) is 11.5 Å². The predicted molar refractivity (Wildman–Crippen MR) is 124 cm³/mol. The van der Waals surface area contributed by atoms with Gasteiger partial charge in [-0.3, -0.25) is 0 Å². The fraction of sp³-hybridized carbons (Fsp3) is 0.571. The van der Waals surface area contributed by atoms with Crippen LogP contribution in [0.15, 0.2) is 30.3 Å². The smallest absolute Gasteiger partial charge is 0.429 e. The largest absolute Gasteiger partial charge is 0.429 e. The molecule has 2 aromatic carbocycles. The third-order valence-corrected chi connectivity index (χ3v) is 8.11. The molecule has 2 saturated carbocycles. The van der Waals surface area contributed by atoms with E-state index in [2.05, 4.69) is 16.4 Å². The molecule has 0 amide bonds. The van der Waals surface area contributed by atoms with E-state index in [1.54, 1.807) is 0 Å². The highest BCUT2D eigenvalue weighted by atomic mass is 19.3. The Kier molecular flexibility index (Phi) is 8.59. The molecule has 0 radical (unpaired) electrons. The maximum atomic E-state index is 14.8. The molecular formula is C28H31F7O2. The van der Waals surface area contributed by atoms with Crippen molar-refractivity contribution in [3.05, 3.63) is 58.9 Å². The first-order chi connectivity index (χ1) is 17.6. The van der Waals surface area contributed by atoms with Crippen LogP contribution in [-0.2, 0) is 6.11 Å². The fourth-order valence-corrected chi connectivity index (χ4v) is 6.01. The average Bonchev–Trinajstić information content (AvgIpc) is 2.86. The molecular weight excluding hydrogens is 501 g/mol. The van der Waals surface area contributed by atoms with Crippen LogP contribution in [0.1, 0.15) is 81.8 Å². The molecule has 0 heterocycles. The number of hydrogen-bond donors (Lipinski definition) is 0. The minimum Gasteiger partial charge on any atom is -0.429 e. The second kappa shape index (κ2) is 11.5. The number of alkyl halides is 4. The van der Waals surface area contributed by atoms with Gasteiger partial charge >= 0.3 is 12.7 Å². The van der Waals surface area contributed by atoms with Crippen LogP contribution in [-0.4, -0.2) is 6.61 Å². The predicted octanol–water partition coefficient (Wildman–Crippen LogP) is 9.32. The molecule has 0 spiro atoms. The summed E-state index contributed by atoms with van der Waals surface area (Å²) in [5, 5.41) is 0. The van der Waals surface area contributed by atoms with Crippen LogP contribution in [0.3, 0.4) is 0 Å². The van der Waals surface area contributed by atoms with Crippen LogP contribution in [0, 0.1) is 35.2 Å². The standard InChI is InChI=1S/C28H31F7O2/c1-2-16-3-5-17(6-4-16)18-7-9-19(10-8-18)20-11-12-22(23(29)13-20)28(34,35)37-21-14-24(30)26(25(31)15-21)36-27(32)33/h11-19,27H,2-10H2,1H3/t16-,17-,18?,19?. The first-order valence-corrected chi connectivity index (χ1v) is 12.9.